The summed E-state index contributed by atoms with van der Waals surface area (Å²) < 4.78 is 5.83. The molecule has 0 amide bonds. The van der Waals surface area contributed by atoms with Gasteiger partial charge in [0.05, 0.1) is 5.56 Å². The first-order valence-corrected chi connectivity index (χ1v) is 6.73. The standard InChI is InChI=1S/C15H17NO3/c1-15(7-3-2-4-8-15)14-16-11-6-5-10(13(17)18)9-12(11)19-14/h5-6,9H,2-4,7-8H2,1H3,(H,17,18). The molecule has 1 N–H and O–H groups in total. The van der Waals surface area contributed by atoms with Gasteiger partial charge in [0.1, 0.15) is 5.52 Å². The van der Waals surface area contributed by atoms with Crippen molar-refractivity contribution >= 4 is 17.1 Å². The Bertz CT molecular complexity index is 623. The molecular formula is C15H17NO3. The van der Waals surface area contributed by atoms with Crippen LogP contribution in [0.4, 0.5) is 0 Å². The number of oxazole rings is 1. The maximum atomic E-state index is 11.0. The normalized spacial score (nSPS) is 18.6. The molecular weight excluding hydrogens is 242 g/mol. The van der Waals surface area contributed by atoms with Gasteiger partial charge in [-0.25, -0.2) is 9.78 Å². The number of nitrogens with zero attached hydrogens (tertiary/aromatic N) is 1. The zero-order valence-electron chi connectivity index (χ0n) is 11.0. The van der Waals surface area contributed by atoms with Gasteiger partial charge >= 0.3 is 5.97 Å². The maximum absolute atomic E-state index is 11.0. The van der Waals surface area contributed by atoms with Gasteiger partial charge in [0.2, 0.25) is 5.89 Å². The van der Waals surface area contributed by atoms with Crippen molar-refractivity contribution < 1.29 is 14.3 Å². The van der Waals surface area contributed by atoms with E-state index >= 15 is 0 Å². The minimum Gasteiger partial charge on any atom is -0.478 e. The van der Waals surface area contributed by atoms with Crippen LogP contribution in [0.15, 0.2) is 22.6 Å². The van der Waals surface area contributed by atoms with Crippen molar-refractivity contribution in [3.63, 3.8) is 0 Å². The molecule has 0 saturated heterocycles. The second kappa shape index (κ2) is 4.37. The first-order chi connectivity index (χ1) is 9.08. The summed E-state index contributed by atoms with van der Waals surface area (Å²) in [6, 6.07) is 4.85. The fraction of sp³-hybridized carbons (Fsp3) is 0.467. The van der Waals surface area contributed by atoms with Crippen LogP contribution in [-0.4, -0.2) is 16.1 Å². The van der Waals surface area contributed by atoms with E-state index in [0.717, 1.165) is 24.2 Å². The van der Waals surface area contributed by atoms with E-state index < -0.39 is 5.97 Å². The lowest BCUT2D eigenvalue weighted by Crippen LogP contribution is -2.25. The Kier molecular flexibility index (Phi) is 2.81. The summed E-state index contributed by atoms with van der Waals surface area (Å²) in [5.74, 6) is -0.187. The first kappa shape index (κ1) is 12.2. The number of fused-ring (bicyclic) bond motifs is 1. The fourth-order valence-electron chi connectivity index (χ4n) is 2.86. The van der Waals surface area contributed by atoms with Crippen molar-refractivity contribution in [1.82, 2.24) is 4.98 Å². The van der Waals surface area contributed by atoms with Crippen LogP contribution < -0.4 is 0 Å². The molecule has 0 unspecified atom stereocenters. The van der Waals surface area contributed by atoms with Gasteiger partial charge in [-0.05, 0) is 31.0 Å². The second-order valence-corrected chi connectivity index (χ2v) is 5.63. The lowest BCUT2D eigenvalue weighted by molar-refractivity contribution is 0.0697. The lowest BCUT2D eigenvalue weighted by atomic mass is 9.76. The molecule has 1 saturated carbocycles. The van der Waals surface area contributed by atoms with E-state index in [1.165, 1.54) is 19.3 Å². The van der Waals surface area contributed by atoms with Crippen molar-refractivity contribution in [2.75, 3.05) is 0 Å². The molecule has 0 radical (unpaired) electrons. The molecule has 1 fully saturated rings. The van der Waals surface area contributed by atoms with Gasteiger partial charge in [-0.15, -0.1) is 0 Å². The van der Waals surface area contributed by atoms with E-state index in [2.05, 4.69) is 11.9 Å². The van der Waals surface area contributed by atoms with Crippen LogP contribution in [0.25, 0.3) is 11.1 Å². The Morgan fingerprint density at radius 3 is 2.74 bits per heavy atom. The lowest BCUT2D eigenvalue weighted by Gasteiger charge is -2.30. The average Bonchev–Trinajstić information content (AvgIpc) is 2.83. The summed E-state index contributed by atoms with van der Waals surface area (Å²) in [7, 11) is 0. The van der Waals surface area contributed by atoms with E-state index in [0.29, 0.717) is 5.58 Å². The third-order valence-corrected chi connectivity index (χ3v) is 4.11. The number of carboxylic acids is 1. The molecule has 2 aromatic rings. The first-order valence-electron chi connectivity index (χ1n) is 6.73. The number of benzene rings is 1. The molecule has 1 heterocycles. The number of aromatic carboxylic acids is 1. The Morgan fingerprint density at radius 1 is 1.32 bits per heavy atom. The number of aromatic nitrogens is 1. The smallest absolute Gasteiger partial charge is 0.335 e. The van der Waals surface area contributed by atoms with Gasteiger partial charge in [-0.1, -0.05) is 26.2 Å². The van der Waals surface area contributed by atoms with E-state index in [9.17, 15) is 4.79 Å². The third-order valence-electron chi connectivity index (χ3n) is 4.11. The number of hydrogen-bond donors (Lipinski definition) is 1. The van der Waals surface area contributed by atoms with Crippen LogP contribution in [-0.2, 0) is 5.41 Å². The van der Waals surface area contributed by atoms with Gasteiger partial charge in [-0.2, -0.15) is 0 Å². The van der Waals surface area contributed by atoms with Crippen molar-refractivity contribution in [2.24, 2.45) is 0 Å². The summed E-state index contributed by atoms with van der Waals surface area (Å²) in [5.41, 5.74) is 1.55. The van der Waals surface area contributed by atoms with Crippen LogP contribution >= 0.6 is 0 Å². The molecule has 4 heteroatoms. The van der Waals surface area contributed by atoms with Crippen LogP contribution in [0.3, 0.4) is 0 Å². The Hall–Kier alpha value is -1.84. The molecule has 19 heavy (non-hydrogen) atoms. The SMILES string of the molecule is CC1(c2nc3ccc(C(=O)O)cc3o2)CCCCC1. The second-order valence-electron chi connectivity index (χ2n) is 5.63. The van der Waals surface area contributed by atoms with Crippen LogP contribution in [0, 0.1) is 0 Å². The molecule has 1 aromatic carbocycles. The highest BCUT2D eigenvalue weighted by atomic mass is 16.4. The minimum absolute atomic E-state index is 0.000652. The summed E-state index contributed by atoms with van der Waals surface area (Å²) >= 11 is 0. The van der Waals surface area contributed by atoms with Crippen molar-refractivity contribution in [3.8, 4) is 0 Å². The molecule has 100 valence electrons. The topological polar surface area (TPSA) is 63.3 Å². The summed E-state index contributed by atoms with van der Waals surface area (Å²) in [6.45, 7) is 2.19. The fourth-order valence-corrected chi connectivity index (χ4v) is 2.86. The minimum atomic E-state index is -0.941. The van der Waals surface area contributed by atoms with Gasteiger partial charge in [-0.3, -0.25) is 0 Å². The summed E-state index contributed by atoms with van der Waals surface area (Å²) in [6.07, 6.45) is 5.86. The highest BCUT2D eigenvalue weighted by Gasteiger charge is 2.33. The number of carbonyl (C=O) groups is 1. The Morgan fingerprint density at radius 2 is 2.05 bits per heavy atom. The van der Waals surface area contributed by atoms with Gasteiger partial charge in [0.15, 0.2) is 5.58 Å². The molecule has 3 rings (SSSR count). The molecule has 0 atom stereocenters. The maximum Gasteiger partial charge on any atom is 0.335 e. The van der Waals surface area contributed by atoms with E-state index in [-0.39, 0.29) is 11.0 Å². The highest BCUT2D eigenvalue weighted by molar-refractivity contribution is 5.91. The predicted molar refractivity (Wildman–Crippen MR) is 71.4 cm³/mol. The summed E-state index contributed by atoms with van der Waals surface area (Å²) in [4.78, 5) is 15.5. The van der Waals surface area contributed by atoms with Crippen molar-refractivity contribution in [2.45, 2.75) is 44.4 Å². The molecule has 0 aliphatic heterocycles. The number of rotatable bonds is 2. The quantitative estimate of drug-likeness (QED) is 0.892. The predicted octanol–water partition coefficient (Wildman–Crippen LogP) is 3.75. The zero-order chi connectivity index (χ0) is 13.5. The highest BCUT2D eigenvalue weighted by Crippen LogP contribution is 2.39. The Balaban J connectivity index is 2.03. The zero-order valence-corrected chi connectivity index (χ0v) is 11.0. The van der Waals surface area contributed by atoms with Crippen LogP contribution in [0.5, 0.6) is 0 Å². The van der Waals surface area contributed by atoms with Crippen molar-refractivity contribution in [3.05, 3.63) is 29.7 Å². The molecule has 1 aliphatic rings. The molecule has 0 spiro atoms. The van der Waals surface area contributed by atoms with Gasteiger partial charge in [0.25, 0.3) is 0 Å². The molecule has 0 bridgehead atoms. The molecule has 4 nitrogen and oxygen atoms in total. The number of carboxylic acid groups (broad SMARTS) is 1. The summed E-state index contributed by atoms with van der Waals surface area (Å²) in [5, 5.41) is 8.99. The van der Waals surface area contributed by atoms with Gasteiger partial charge < -0.3 is 9.52 Å². The molecule has 1 aliphatic carbocycles. The average molecular weight is 259 g/mol. The van der Waals surface area contributed by atoms with Gasteiger partial charge in [0, 0.05) is 5.41 Å². The Labute approximate surface area is 111 Å². The van der Waals surface area contributed by atoms with E-state index in [4.69, 9.17) is 9.52 Å². The van der Waals surface area contributed by atoms with E-state index in [1.807, 2.05) is 0 Å². The third kappa shape index (κ3) is 2.11. The van der Waals surface area contributed by atoms with E-state index in [1.54, 1.807) is 18.2 Å². The number of hydrogen-bond acceptors (Lipinski definition) is 3. The largest absolute Gasteiger partial charge is 0.478 e. The van der Waals surface area contributed by atoms with Crippen LogP contribution in [0.2, 0.25) is 0 Å². The van der Waals surface area contributed by atoms with Crippen LogP contribution in [0.1, 0.15) is 55.3 Å². The molecule has 1 aromatic heterocycles. The van der Waals surface area contributed by atoms with Crippen molar-refractivity contribution in [1.29, 1.82) is 0 Å². The monoisotopic (exact) mass is 259 g/mol.